The zero-order chi connectivity index (χ0) is 16.7. The minimum Gasteiger partial charge on any atom is -0.358 e. The molecule has 24 heavy (non-hydrogen) atoms. The fourth-order valence-electron chi connectivity index (χ4n) is 3.25. The summed E-state index contributed by atoms with van der Waals surface area (Å²) < 4.78 is 0. The molecular weight excluding hydrogens is 306 g/mol. The van der Waals surface area contributed by atoms with E-state index < -0.39 is 4.92 Å². The molecule has 0 bridgehead atoms. The third-order valence-corrected chi connectivity index (χ3v) is 4.50. The molecule has 2 aromatic carbocycles. The van der Waals surface area contributed by atoms with Crippen LogP contribution in [-0.4, -0.2) is 27.3 Å². The van der Waals surface area contributed by atoms with E-state index in [-0.39, 0.29) is 11.6 Å². The number of non-ortho nitro benzene ring substituents is 1. The molecule has 0 atom stereocenters. The number of para-hydroxylation sites is 1. The normalized spacial score (nSPS) is 13.8. The van der Waals surface area contributed by atoms with Gasteiger partial charge in [0.2, 0.25) is 0 Å². The molecule has 120 valence electrons. The highest BCUT2D eigenvalue weighted by Gasteiger charge is 2.24. The van der Waals surface area contributed by atoms with Crippen molar-refractivity contribution in [3.63, 3.8) is 0 Å². The van der Waals surface area contributed by atoms with Crippen LogP contribution < -0.4 is 0 Å². The third kappa shape index (κ3) is 2.32. The number of carbonyl (C=O) groups excluding carboxylic acids is 1. The minimum atomic E-state index is -0.465. The predicted octanol–water partition coefficient (Wildman–Crippen LogP) is 3.27. The van der Waals surface area contributed by atoms with Crippen LogP contribution in [0, 0.1) is 10.1 Å². The Morgan fingerprint density at radius 1 is 1.12 bits per heavy atom. The van der Waals surface area contributed by atoms with Crippen molar-refractivity contribution in [1.82, 2.24) is 9.88 Å². The van der Waals surface area contributed by atoms with Gasteiger partial charge in [-0.2, -0.15) is 0 Å². The molecule has 0 spiro atoms. The van der Waals surface area contributed by atoms with Crippen LogP contribution in [0.4, 0.5) is 5.69 Å². The molecule has 1 amide bonds. The molecule has 0 fully saturated rings. The van der Waals surface area contributed by atoms with Crippen LogP contribution in [0.3, 0.4) is 0 Å². The second-order valence-corrected chi connectivity index (χ2v) is 5.91. The van der Waals surface area contributed by atoms with Crippen molar-refractivity contribution in [3.05, 3.63) is 75.5 Å². The molecule has 0 unspecified atom stereocenters. The van der Waals surface area contributed by atoms with Gasteiger partial charge in [-0.3, -0.25) is 14.9 Å². The van der Waals surface area contributed by atoms with Crippen molar-refractivity contribution in [2.75, 3.05) is 6.54 Å². The first-order chi connectivity index (χ1) is 11.6. The van der Waals surface area contributed by atoms with Crippen molar-refractivity contribution in [2.24, 2.45) is 0 Å². The average molecular weight is 321 g/mol. The number of hydrogen-bond donors (Lipinski definition) is 1. The number of hydrogen-bond acceptors (Lipinski definition) is 3. The molecule has 2 heterocycles. The van der Waals surface area contributed by atoms with Crippen LogP contribution in [0.5, 0.6) is 0 Å². The molecule has 0 saturated heterocycles. The number of aromatic nitrogens is 1. The van der Waals surface area contributed by atoms with Gasteiger partial charge < -0.3 is 9.88 Å². The Bertz CT molecular complexity index is 944. The highest BCUT2D eigenvalue weighted by Crippen LogP contribution is 2.28. The van der Waals surface area contributed by atoms with Crippen LogP contribution in [0.2, 0.25) is 0 Å². The fraction of sp³-hybridized carbons (Fsp3) is 0.167. The number of nitrogens with one attached hydrogen (secondary N) is 1. The lowest BCUT2D eigenvalue weighted by atomic mass is 10.0. The summed E-state index contributed by atoms with van der Waals surface area (Å²) in [5.74, 6) is -0.0965. The minimum absolute atomic E-state index is 0.0101. The highest BCUT2D eigenvalue weighted by atomic mass is 16.6. The summed E-state index contributed by atoms with van der Waals surface area (Å²) in [6.07, 6.45) is 0.780. The summed E-state index contributed by atoms with van der Waals surface area (Å²) in [5.41, 5.74) is 3.90. The number of nitro groups is 1. The molecule has 0 saturated carbocycles. The Morgan fingerprint density at radius 2 is 1.88 bits per heavy atom. The second-order valence-electron chi connectivity index (χ2n) is 5.91. The maximum absolute atomic E-state index is 12.7. The summed E-state index contributed by atoms with van der Waals surface area (Å²) in [6, 6.07) is 13.9. The SMILES string of the molecule is O=C(c1ccc([N+](=O)[O-])cc1)N1CCc2[nH]c3ccccc3c2C1. The van der Waals surface area contributed by atoms with E-state index in [1.54, 1.807) is 4.90 Å². The van der Waals surface area contributed by atoms with Gasteiger partial charge in [0.05, 0.1) is 4.92 Å². The molecule has 3 aromatic rings. The van der Waals surface area contributed by atoms with Gasteiger partial charge in [-0.1, -0.05) is 18.2 Å². The number of rotatable bonds is 2. The number of benzene rings is 2. The van der Waals surface area contributed by atoms with Crippen molar-refractivity contribution in [2.45, 2.75) is 13.0 Å². The first-order valence-electron chi connectivity index (χ1n) is 7.75. The van der Waals surface area contributed by atoms with Gasteiger partial charge >= 0.3 is 0 Å². The third-order valence-electron chi connectivity index (χ3n) is 4.50. The van der Waals surface area contributed by atoms with Crippen LogP contribution in [-0.2, 0) is 13.0 Å². The summed E-state index contributed by atoms with van der Waals surface area (Å²) in [6.45, 7) is 1.19. The van der Waals surface area contributed by atoms with E-state index in [1.807, 2.05) is 18.2 Å². The molecule has 1 aliphatic rings. The number of fused-ring (bicyclic) bond motifs is 3. The Kier molecular flexibility index (Phi) is 3.30. The molecule has 1 aliphatic heterocycles. The fourth-order valence-corrected chi connectivity index (χ4v) is 3.25. The lowest BCUT2D eigenvalue weighted by Crippen LogP contribution is -2.35. The smallest absolute Gasteiger partial charge is 0.269 e. The van der Waals surface area contributed by atoms with E-state index in [9.17, 15) is 14.9 Å². The molecular formula is C18H15N3O3. The van der Waals surface area contributed by atoms with Crippen molar-refractivity contribution >= 4 is 22.5 Å². The predicted molar refractivity (Wildman–Crippen MR) is 89.8 cm³/mol. The van der Waals surface area contributed by atoms with Crippen molar-refractivity contribution < 1.29 is 9.72 Å². The number of nitrogens with zero attached hydrogens (tertiary/aromatic N) is 2. The van der Waals surface area contributed by atoms with Gasteiger partial charge in [-0.05, 0) is 18.2 Å². The van der Waals surface area contributed by atoms with E-state index in [2.05, 4.69) is 11.1 Å². The summed E-state index contributed by atoms with van der Waals surface area (Å²) >= 11 is 0. The first kappa shape index (κ1) is 14.4. The van der Waals surface area contributed by atoms with E-state index in [4.69, 9.17) is 0 Å². The molecule has 6 nitrogen and oxygen atoms in total. The van der Waals surface area contributed by atoms with Crippen LogP contribution in [0.15, 0.2) is 48.5 Å². The zero-order valence-corrected chi connectivity index (χ0v) is 12.9. The second kappa shape index (κ2) is 5.49. The lowest BCUT2D eigenvalue weighted by molar-refractivity contribution is -0.384. The first-order valence-corrected chi connectivity index (χ1v) is 7.75. The Hall–Kier alpha value is -3.15. The number of aromatic amines is 1. The van der Waals surface area contributed by atoms with Gasteiger partial charge in [0.25, 0.3) is 11.6 Å². The van der Waals surface area contributed by atoms with Crippen molar-refractivity contribution in [1.29, 1.82) is 0 Å². The van der Waals surface area contributed by atoms with Gasteiger partial charge in [-0.15, -0.1) is 0 Å². The Labute approximate surface area is 137 Å². The number of carbonyl (C=O) groups is 1. The molecule has 6 heteroatoms. The van der Waals surface area contributed by atoms with Crippen molar-refractivity contribution in [3.8, 4) is 0 Å². The molecule has 1 aromatic heterocycles. The quantitative estimate of drug-likeness (QED) is 0.581. The maximum atomic E-state index is 12.7. The largest absolute Gasteiger partial charge is 0.358 e. The summed E-state index contributed by atoms with van der Waals surface area (Å²) in [4.78, 5) is 28.2. The summed E-state index contributed by atoms with van der Waals surface area (Å²) in [7, 11) is 0. The van der Waals surface area contributed by atoms with E-state index in [0.29, 0.717) is 18.7 Å². The van der Waals surface area contributed by atoms with E-state index >= 15 is 0 Å². The average Bonchev–Trinajstić information content (AvgIpc) is 2.99. The monoisotopic (exact) mass is 321 g/mol. The molecule has 0 radical (unpaired) electrons. The summed E-state index contributed by atoms with van der Waals surface area (Å²) in [5, 5.41) is 11.9. The Morgan fingerprint density at radius 3 is 2.62 bits per heavy atom. The van der Waals surface area contributed by atoms with E-state index in [0.717, 1.165) is 22.9 Å². The number of nitro benzene ring substituents is 1. The van der Waals surface area contributed by atoms with Crippen LogP contribution in [0.1, 0.15) is 21.6 Å². The van der Waals surface area contributed by atoms with Gasteiger partial charge in [0.15, 0.2) is 0 Å². The molecule has 0 aliphatic carbocycles. The molecule has 4 rings (SSSR count). The van der Waals surface area contributed by atoms with Gasteiger partial charge in [0.1, 0.15) is 0 Å². The van der Waals surface area contributed by atoms with Crippen LogP contribution in [0.25, 0.3) is 10.9 Å². The molecule has 1 N–H and O–H groups in total. The Balaban J connectivity index is 1.61. The number of H-pyrrole nitrogens is 1. The zero-order valence-electron chi connectivity index (χ0n) is 12.9. The van der Waals surface area contributed by atoms with E-state index in [1.165, 1.54) is 30.0 Å². The van der Waals surface area contributed by atoms with Gasteiger partial charge in [-0.25, -0.2) is 0 Å². The van der Waals surface area contributed by atoms with Crippen LogP contribution >= 0.6 is 0 Å². The van der Waals surface area contributed by atoms with Gasteiger partial charge in [0, 0.05) is 59.4 Å². The number of amides is 1. The maximum Gasteiger partial charge on any atom is 0.269 e. The standard InChI is InChI=1S/C18H15N3O3/c22-18(12-5-7-13(8-6-12)21(23)24)20-10-9-17-15(11-20)14-3-1-2-4-16(14)19-17/h1-8,19H,9-11H2. The highest BCUT2D eigenvalue weighted by molar-refractivity contribution is 5.95. The lowest BCUT2D eigenvalue weighted by Gasteiger charge is -2.27. The topological polar surface area (TPSA) is 79.2 Å².